The third-order valence-corrected chi connectivity index (χ3v) is 3.51. The molecule has 0 amide bonds. The van der Waals surface area contributed by atoms with Crippen molar-refractivity contribution in [2.75, 3.05) is 0 Å². The maximum atomic E-state index is 5.54. The zero-order valence-corrected chi connectivity index (χ0v) is 12.2. The molecule has 0 saturated carbocycles. The van der Waals surface area contributed by atoms with Crippen LogP contribution in [-0.2, 0) is 6.42 Å². The van der Waals surface area contributed by atoms with Crippen LogP contribution in [0.3, 0.4) is 0 Å². The number of benzene rings is 1. The summed E-state index contributed by atoms with van der Waals surface area (Å²) in [5.41, 5.74) is 2.84. The Kier molecular flexibility index (Phi) is 3.44. The van der Waals surface area contributed by atoms with Crippen LogP contribution in [0.5, 0.6) is 0 Å². The summed E-state index contributed by atoms with van der Waals surface area (Å²) in [5.74, 6) is 1.88. The number of nitrogens with zero attached hydrogens (tertiary/aromatic N) is 3. The van der Waals surface area contributed by atoms with Gasteiger partial charge in [-0.05, 0) is 17.7 Å². The van der Waals surface area contributed by atoms with Crippen molar-refractivity contribution in [2.45, 2.75) is 6.42 Å². The van der Waals surface area contributed by atoms with Gasteiger partial charge in [0.2, 0.25) is 0 Å². The maximum Gasteiger partial charge on any atom is 0.195 e. The molecule has 0 unspecified atom stereocenters. The molecular weight excluding hydrogens is 290 g/mol. The second-order valence-corrected chi connectivity index (χ2v) is 5.06. The Bertz CT molecular complexity index is 882. The molecule has 23 heavy (non-hydrogen) atoms. The Morgan fingerprint density at radius 1 is 0.826 bits per heavy atom. The first-order valence-corrected chi connectivity index (χ1v) is 7.23. The molecule has 0 N–H and O–H groups in total. The molecule has 0 fully saturated rings. The van der Waals surface area contributed by atoms with E-state index in [2.05, 4.69) is 27.1 Å². The lowest BCUT2D eigenvalue weighted by Crippen LogP contribution is -1.93. The molecule has 3 aromatic heterocycles. The molecule has 5 heteroatoms. The molecule has 0 aliphatic carbocycles. The highest BCUT2D eigenvalue weighted by Gasteiger charge is 2.13. The van der Waals surface area contributed by atoms with Crippen molar-refractivity contribution >= 4 is 0 Å². The van der Waals surface area contributed by atoms with Gasteiger partial charge in [-0.3, -0.25) is 0 Å². The number of hydrogen-bond acceptors (Lipinski definition) is 5. The predicted octanol–water partition coefficient (Wildman–Crippen LogP) is 3.98. The Morgan fingerprint density at radius 3 is 2.39 bits per heavy atom. The summed E-state index contributed by atoms with van der Waals surface area (Å²) in [5, 5.41) is 0. The first kappa shape index (κ1) is 13.5. The molecular formula is C18H13N3O2. The van der Waals surface area contributed by atoms with Gasteiger partial charge in [0.05, 0.1) is 17.5 Å². The molecule has 3 heterocycles. The first-order chi connectivity index (χ1) is 11.4. The Hall–Kier alpha value is -3.21. The Balaban J connectivity index is 1.63. The van der Waals surface area contributed by atoms with Crippen molar-refractivity contribution in [1.29, 1.82) is 0 Å². The highest BCUT2D eigenvalue weighted by molar-refractivity contribution is 5.59. The molecule has 0 saturated heterocycles. The van der Waals surface area contributed by atoms with Crippen LogP contribution < -0.4 is 0 Å². The minimum absolute atomic E-state index is 0.544. The average Bonchev–Trinajstić information content (AvgIpc) is 3.28. The van der Waals surface area contributed by atoms with E-state index in [0.29, 0.717) is 23.8 Å². The summed E-state index contributed by atoms with van der Waals surface area (Å²) >= 11 is 0. The van der Waals surface area contributed by atoms with E-state index < -0.39 is 0 Å². The minimum atomic E-state index is 0.544. The van der Waals surface area contributed by atoms with Crippen LogP contribution in [0.25, 0.3) is 22.9 Å². The van der Waals surface area contributed by atoms with Crippen LogP contribution in [0.4, 0.5) is 0 Å². The van der Waals surface area contributed by atoms with E-state index >= 15 is 0 Å². The van der Waals surface area contributed by atoms with Crippen LogP contribution in [0.1, 0.15) is 11.3 Å². The van der Waals surface area contributed by atoms with Gasteiger partial charge in [0.25, 0.3) is 0 Å². The number of furan rings is 1. The van der Waals surface area contributed by atoms with Crippen molar-refractivity contribution in [3.63, 3.8) is 0 Å². The zero-order chi connectivity index (χ0) is 15.5. The lowest BCUT2D eigenvalue weighted by molar-refractivity contribution is 0.569. The highest BCUT2D eigenvalue weighted by atomic mass is 16.3. The van der Waals surface area contributed by atoms with Gasteiger partial charge in [0.1, 0.15) is 0 Å². The van der Waals surface area contributed by atoms with Gasteiger partial charge >= 0.3 is 0 Å². The van der Waals surface area contributed by atoms with E-state index in [1.54, 1.807) is 24.7 Å². The van der Waals surface area contributed by atoms with E-state index in [4.69, 9.17) is 8.83 Å². The van der Waals surface area contributed by atoms with Gasteiger partial charge in [0.15, 0.2) is 23.7 Å². The molecule has 0 atom stereocenters. The van der Waals surface area contributed by atoms with Crippen LogP contribution in [0, 0.1) is 0 Å². The minimum Gasteiger partial charge on any atom is -0.461 e. The Morgan fingerprint density at radius 2 is 1.65 bits per heavy atom. The summed E-state index contributed by atoms with van der Waals surface area (Å²) in [7, 11) is 0. The lowest BCUT2D eigenvalue weighted by atomic mass is 10.1. The monoisotopic (exact) mass is 303 g/mol. The third kappa shape index (κ3) is 2.76. The van der Waals surface area contributed by atoms with E-state index in [9.17, 15) is 0 Å². The summed E-state index contributed by atoms with van der Waals surface area (Å²) in [6.07, 6.45) is 7.20. The fourth-order valence-electron chi connectivity index (χ4n) is 2.40. The van der Waals surface area contributed by atoms with Crippen LogP contribution in [0.15, 0.2) is 76.3 Å². The second kappa shape index (κ2) is 5.88. The topological polar surface area (TPSA) is 65.0 Å². The van der Waals surface area contributed by atoms with Crippen molar-refractivity contribution in [2.24, 2.45) is 0 Å². The summed E-state index contributed by atoms with van der Waals surface area (Å²) < 4.78 is 10.8. The van der Waals surface area contributed by atoms with Crippen molar-refractivity contribution in [1.82, 2.24) is 15.0 Å². The zero-order valence-electron chi connectivity index (χ0n) is 12.2. The molecule has 0 spiro atoms. The van der Waals surface area contributed by atoms with Gasteiger partial charge in [-0.1, -0.05) is 30.3 Å². The van der Waals surface area contributed by atoms with E-state index in [1.807, 2.05) is 24.3 Å². The van der Waals surface area contributed by atoms with E-state index in [1.165, 1.54) is 12.0 Å². The largest absolute Gasteiger partial charge is 0.461 e. The number of aromatic nitrogens is 3. The molecule has 4 rings (SSSR count). The third-order valence-electron chi connectivity index (χ3n) is 3.51. The summed E-state index contributed by atoms with van der Waals surface area (Å²) in [4.78, 5) is 13.0. The molecule has 5 nitrogen and oxygen atoms in total. The van der Waals surface area contributed by atoms with Gasteiger partial charge in [0, 0.05) is 18.8 Å². The molecule has 0 aliphatic heterocycles. The average molecular weight is 303 g/mol. The normalized spacial score (nSPS) is 10.8. The predicted molar refractivity (Wildman–Crippen MR) is 84.5 cm³/mol. The number of hydrogen-bond donors (Lipinski definition) is 0. The quantitative estimate of drug-likeness (QED) is 0.570. The van der Waals surface area contributed by atoms with Crippen molar-refractivity contribution < 1.29 is 8.83 Å². The molecule has 0 bridgehead atoms. The standard InChI is InChI=1S/C18H13N3O2/c1-2-5-13(6-3-1)9-15-17(23-12-21-15)14-10-19-18(20-11-14)16-7-4-8-22-16/h1-8,10-12H,9H2. The Labute approximate surface area is 132 Å². The van der Waals surface area contributed by atoms with Gasteiger partial charge in [-0.25, -0.2) is 15.0 Å². The molecule has 0 radical (unpaired) electrons. The molecule has 112 valence electrons. The molecule has 0 aliphatic rings. The lowest BCUT2D eigenvalue weighted by Gasteiger charge is -2.02. The number of oxazole rings is 1. The van der Waals surface area contributed by atoms with Crippen LogP contribution in [0.2, 0.25) is 0 Å². The fourth-order valence-corrected chi connectivity index (χ4v) is 2.40. The second-order valence-electron chi connectivity index (χ2n) is 5.06. The van der Waals surface area contributed by atoms with E-state index in [0.717, 1.165) is 11.3 Å². The number of rotatable bonds is 4. The summed E-state index contributed by atoms with van der Waals surface area (Å²) in [6.45, 7) is 0. The van der Waals surface area contributed by atoms with Crippen molar-refractivity contribution in [3.8, 4) is 22.9 Å². The first-order valence-electron chi connectivity index (χ1n) is 7.23. The smallest absolute Gasteiger partial charge is 0.195 e. The summed E-state index contributed by atoms with van der Waals surface area (Å²) in [6, 6.07) is 13.8. The highest BCUT2D eigenvalue weighted by Crippen LogP contribution is 2.25. The van der Waals surface area contributed by atoms with Gasteiger partial charge in [-0.2, -0.15) is 0 Å². The molecule has 4 aromatic rings. The van der Waals surface area contributed by atoms with Gasteiger partial charge < -0.3 is 8.83 Å². The SMILES string of the molecule is c1ccc(Cc2ncoc2-c2cnc(-c3ccco3)nc2)cc1. The van der Waals surface area contributed by atoms with Crippen LogP contribution >= 0.6 is 0 Å². The van der Waals surface area contributed by atoms with Gasteiger partial charge in [-0.15, -0.1) is 0 Å². The maximum absolute atomic E-state index is 5.54. The molecule has 1 aromatic carbocycles. The van der Waals surface area contributed by atoms with E-state index in [-0.39, 0.29) is 0 Å². The van der Waals surface area contributed by atoms with Crippen LogP contribution in [-0.4, -0.2) is 15.0 Å². The van der Waals surface area contributed by atoms with Crippen molar-refractivity contribution in [3.05, 3.63) is 78.8 Å². The fraction of sp³-hybridized carbons (Fsp3) is 0.0556.